The number of ether oxygens (including phenoxy) is 4. The van der Waals surface area contributed by atoms with Gasteiger partial charge in [-0.2, -0.15) is 0 Å². The highest BCUT2D eigenvalue weighted by molar-refractivity contribution is 5.75. The van der Waals surface area contributed by atoms with Crippen LogP contribution in [0.1, 0.15) is 29.7 Å². The van der Waals surface area contributed by atoms with Crippen molar-refractivity contribution in [3.63, 3.8) is 0 Å². The minimum absolute atomic E-state index is 0.0159. The molecule has 2 aromatic carbocycles. The molecule has 1 atom stereocenters. The quantitative estimate of drug-likeness (QED) is 0.808. The number of fused-ring (bicyclic) bond motifs is 1. The number of amides is 1. The number of methoxy groups -OCH3 is 4. The molecule has 0 saturated carbocycles. The summed E-state index contributed by atoms with van der Waals surface area (Å²) in [5.74, 6) is 2.79. The summed E-state index contributed by atoms with van der Waals surface area (Å²) in [4.78, 5) is 14.2. The van der Waals surface area contributed by atoms with Gasteiger partial charge in [0.05, 0.1) is 34.5 Å². The first-order chi connectivity index (χ1) is 13.0. The third kappa shape index (κ3) is 3.39. The molecule has 1 aliphatic heterocycles. The standard InChI is InChI=1S/C21H25NO5/c1-13(23)22-9-8-18-17(6-7-19(26-4)21(18)27-5)20(22)14-10-15(24-2)12-16(11-14)25-3/h6-7,10-12,20H,8-9H2,1-5H3. The Hall–Kier alpha value is -2.89. The average molecular weight is 371 g/mol. The zero-order valence-corrected chi connectivity index (χ0v) is 16.4. The van der Waals surface area contributed by atoms with Crippen molar-refractivity contribution in [1.82, 2.24) is 4.90 Å². The molecule has 1 unspecified atom stereocenters. The van der Waals surface area contributed by atoms with Crippen LogP contribution in [0.4, 0.5) is 0 Å². The number of benzene rings is 2. The second-order valence-electron chi connectivity index (χ2n) is 6.38. The highest BCUT2D eigenvalue weighted by Crippen LogP contribution is 2.44. The summed E-state index contributed by atoms with van der Waals surface area (Å²) in [6.07, 6.45) is 0.701. The molecule has 6 heteroatoms. The number of hydrogen-bond acceptors (Lipinski definition) is 5. The zero-order valence-electron chi connectivity index (χ0n) is 16.4. The van der Waals surface area contributed by atoms with Crippen molar-refractivity contribution in [3.8, 4) is 23.0 Å². The molecule has 1 heterocycles. The summed E-state index contributed by atoms with van der Waals surface area (Å²) in [6, 6.07) is 9.33. The predicted molar refractivity (Wildman–Crippen MR) is 102 cm³/mol. The highest BCUT2D eigenvalue weighted by atomic mass is 16.5. The van der Waals surface area contributed by atoms with E-state index in [0.717, 1.165) is 22.4 Å². The van der Waals surface area contributed by atoms with Crippen LogP contribution >= 0.6 is 0 Å². The molecule has 0 saturated heterocycles. The lowest BCUT2D eigenvalue weighted by molar-refractivity contribution is -0.130. The SMILES string of the molecule is COc1cc(OC)cc(C2c3ccc(OC)c(OC)c3CCN2C(C)=O)c1. The summed E-state index contributed by atoms with van der Waals surface area (Å²) in [5.41, 5.74) is 3.00. The van der Waals surface area contributed by atoms with Crippen molar-refractivity contribution >= 4 is 5.91 Å². The van der Waals surface area contributed by atoms with E-state index in [2.05, 4.69) is 0 Å². The van der Waals surface area contributed by atoms with Gasteiger partial charge in [-0.1, -0.05) is 6.07 Å². The molecule has 3 rings (SSSR count). The zero-order chi connectivity index (χ0) is 19.6. The summed E-state index contributed by atoms with van der Waals surface area (Å²) in [5, 5.41) is 0. The first-order valence-corrected chi connectivity index (χ1v) is 8.78. The van der Waals surface area contributed by atoms with E-state index in [4.69, 9.17) is 18.9 Å². The topological polar surface area (TPSA) is 57.2 Å². The van der Waals surface area contributed by atoms with Gasteiger partial charge in [-0.3, -0.25) is 4.79 Å². The molecule has 0 fully saturated rings. The molecule has 27 heavy (non-hydrogen) atoms. The predicted octanol–water partition coefficient (Wildman–Crippen LogP) is 3.22. The minimum Gasteiger partial charge on any atom is -0.497 e. The van der Waals surface area contributed by atoms with Gasteiger partial charge in [0.1, 0.15) is 11.5 Å². The van der Waals surface area contributed by atoms with Gasteiger partial charge in [0.25, 0.3) is 0 Å². The number of nitrogens with zero attached hydrogens (tertiary/aromatic N) is 1. The molecule has 0 N–H and O–H groups in total. The first kappa shape index (κ1) is 18.9. The molecule has 1 amide bonds. The monoisotopic (exact) mass is 371 g/mol. The fourth-order valence-corrected chi connectivity index (χ4v) is 3.74. The Kier molecular flexibility index (Phi) is 5.44. The van der Waals surface area contributed by atoms with Crippen LogP contribution in [0, 0.1) is 0 Å². The fourth-order valence-electron chi connectivity index (χ4n) is 3.74. The summed E-state index contributed by atoms with van der Waals surface area (Å²) >= 11 is 0. The Balaban J connectivity index is 2.22. The Morgan fingerprint density at radius 3 is 2.15 bits per heavy atom. The van der Waals surface area contributed by atoms with Gasteiger partial charge >= 0.3 is 0 Å². The first-order valence-electron chi connectivity index (χ1n) is 8.78. The van der Waals surface area contributed by atoms with E-state index in [1.807, 2.05) is 35.2 Å². The van der Waals surface area contributed by atoms with Crippen LogP contribution < -0.4 is 18.9 Å². The number of rotatable bonds is 5. The Morgan fingerprint density at radius 1 is 0.963 bits per heavy atom. The Morgan fingerprint density at radius 2 is 1.63 bits per heavy atom. The maximum atomic E-state index is 12.4. The summed E-state index contributed by atoms with van der Waals surface area (Å²) < 4.78 is 21.9. The smallest absolute Gasteiger partial charge is 0.220 e. The summed E-state index contributed by atoms with van der Waals surface area (Å²) in [7, 11) is 6.49. The molecule has 6 nitrogen and oxygen atoms in total. The van der Waals surface area contributed by atoms with Crippen molar-refractivity contribution in [2.75, 3.05) is 35.0 Å². The van der Waals surface area contributed by atoms with Crippen LogP contribution in [0.3, 0.4) is 0 Å². The van der Waals surface area contributed by atoms with E-state index in [1.165, 1.54) is 0 Å². The van der Waals surface area contributed by atoms with Crippen LogP contribution in [0.15, 0.2) is 30.3 Å². The molecular weight excluding hydrogens is 346 g/mol. The second kappa shape index (κ2) is 7.78. The third-order valence-corrected chi connectivity index (χ3v) is 4.99. The van der Waals surface area contributed by atoms with Gasteiger partial charge in [0, 0.05) is 25.1 Å². The lowest BCUT2D eigenvalue weighted by atomic mass is 9.87. The van der Waals surface area contributed by atoms with E-state index in [-0.39, 0.29) is 11.9 Å². The summed E-state index contributed by atoms with van der Waals surface area (Å²) in [6.45, 7) is 2.19. The normalized spacial score (nSPS) is 15.7. The van der Waals surface area contributed by atoms with Crippen LogP contribution in [0.5, 0.6) is 23.0 Å². The molecule has 144 valence electrons. The second-order valence-corrected chi connectivity index (χ2v) is 6.38. The number of carbonyl (C=O) groups excluding carboxylic acids is 1. The van der Waals surface area contributed by atoms with E-state index in [9.17, 15) is 4.79 Å². The van der Waals surface area contributed by atoms with Crippen LogP contribution in [-0.2, 0) is 11.2 Å². The van der Waals surface area contributed by atoms with Crippen molar-refractivity contribution in [3.05, 3.63) is 47.0 Å². The highest BCUT2D eigenvalue weighted by Gasteiger charge is 2.33. The van der Waals surface area contributed by atoms with Crippen molar-refractivity contribution < 1.29 is 23.7 Å². The number of hydrogen-bond donors (Lipinski definition) is 0. The third-order valence-electron chi connectivity index (χ3n) is 4.99. The molecule has 0 aromatic heterocycles. The fraction of sp³-hybridized carbons (Fsp3) is 0.381. The average Bonchev–Trinajstić information content (AvgIpc) is 2.71. The van der Waals surface area contributed by atoms with E-state index < -0.39 is 0 Å². The number of carbonyl (C=O) groups is 1. The molecule has 2 aromatic rings. The maximum Gasteiger partial charge on any atom is 0.220 e. The Bertz CT molecular complexity index is 826. The van der Waals surface area contributed by atoms with E-state index in [0.29, 0.717) is 30.2 Å². The van der Waals surface area contributed by atoms with Gasteiger partial charge in [-0.15, -0.1) is 0 Å². The van der Waals surface area contributed by atoms with E-state index in [1.54, 1.807) is 35.4 Å². The molecule has 0 aliphatic carbocycles. The molecular formula is C21H25NO5. The van der Waals surface area contributed by atoms with Crippen LogP contribution in [-0.4, -0.2) is 45.8 Å². The molecule has 0 radical (unpaired) electrons. The maximum absolute atomic E-state index is 12.4. The molecule has 1 aliphatic rings. The van der Waals surface area contributed by atoms with Crippen LogP contribution in [0.25, 0.3) is 0 Å². The lowest BCUT2D eigenvalue weighted by Gasteiger charge is -2.38. The molecule has 0 bridgehead atoms. The largest absolute Gasteiger partial charge is 0.497 e. The van der Waals surface area contributed by atoms with Crippen LogP contribution in [0.2, 0.25) is 0 Å². The Labute approximate surface area is 159 Å². The van der Waals surface area contributed by atoms with Gasteiger partial charge in [0.15, 0.2) is 11.5 Å². The minimum atomic E-state index is -0.255. The van der Waals surface area contributed by atoms with E-state index >= 15 is 0 Å². The molecule has 0 spiro atoms. The van der Waals surface area contributed by atoms with Gasteiger partial charge in [-0.25, -0.2) is 0 Å². The van der Waals surface area contributed by atoms with Crippen molar-refractivity contribution in [2.45, 2.75) is 19.4 Å². The van der Waals surface area contributed by atoms with Gasteiger partial charge in [0.2, 0.25) is 5.91 Å². The van der Waals surface area contributed by atoms with Crippen molar-refractivity contribution in [1.29, 1.82) is 0 Å². The van der Waals surface area contributed by atoms with Gasteiger partial charge < -0.3 is 23.8 Å². The van der Waals surface area contributed by atoms with Gasteiger partial charge in [-0.05, 0) is 35.7 Å². The van der Waals surface area contributed by atoms with Crippen molar-refractivity contribution in [2.24, 2.45) is 0 Å². The lowest BCUT2D eigenvalue weighted by Crippen LogP contribution is -2.39.